The van der Waals surface area contributed by atoms with Crippen molar-refractivity contribution in [1.82, 2.24) is 0 Å². The van der Waals surface area contributed by atoms with Gasteiger partial charge in [-0.1, -0.05) is 6.07 Å². The molecule has 0 aliphatic heterocycles. The Bertz CT molecular complexity index is 700. The van der Waals surface area contributed by atoms with Crippen LogP contribution in [0.25, 0.3) is 0 Å². The minimum absolute atomic E-state index is 0.0167. The van der Waals surface area contributed by atoms with Crippen molar-refractivity contribution in [2.45, 2.75) is 18.0 Å². The fraction of sp³-hybridized carbons (Fsp3) is 0.143. The number of alkyl halides is 3. The lowest BCUT2D eigenvalue weighted by molar-refractivity contribution is -0.138. The largest absolute Gasteiger partial charge is 0.416 e. The Hall–Kier alpha value is -1.96. The maximum Gasteiger partial charge on any atom is 0.416 e. The average molecular weight is 334 g/mol. The molecule has 0 aliphatic rings. The highest BCUT2D eigenvalue weighted by molar-refractivity contribution is 8.00. The predicted octanol–water partition coefficient (Wildman–Crippen LogP) is 4.99. The molecule has 0 aliphatic carbocycles. The van der Waals surface area contributed by atoms with E-state index in [0.717, 1.165) is 30.1 Å². The fourth-order valence-corrected chi connectivity index (χ4v) is 2.58. The van der Waals surface area contributed by atoms with Crippen LogP contribution in [0.1, 0.15) is 11.1 Å². The summed E-state index contributed by atoms with van der Waals surface area (Å²) in [6.45, 7) is 1.32. The van der Waals surface area contributed by atoms with Gasteiger partial charge in [0, 0.05) is 4.90 Å². The van der Waals surface area contributed by atoms with E-state index < -0.39 is 29.1 Å². The van der Waals surface area contributed by atoms with Crippen LogP contribution in [-0.2, 0) is 6.18 Å². The molecule has 0 unspecified atom stereocenters. The molecule has 2 rings (SSSR count). The van der Waals surface area contributed by atoms with E-state index in [1.54, 1.807) is 0 Å². The molecule has 0 aromatic heterocycles. The normalized spacial score (nSPS) is 11.5. The second-order valence-electron chi connectivity index (χ2n) is 4.45. The van der Waals surface area contributed by atoms with Crippen LogP contribution in [0.3, 0.4) is 0 Å². The minimum atomic E-state index is -4.47. The van der Waals surface area contributed by atoms with Crippen molar-refractivity contribution in [1.29, 1.82) is 0 Å². The van der Waals surface area contributed by atoms with Crippen molar-refractivity contribution in [3.63, 3.8) is 0 Å². The molecule has 0 bridgehead atoms. The van der Waals surface area contributed by atoms with E-state index >= 15 is 0 Å². The lowest BCUT2D eigenvalue weighted by Crippen LogP contribution is -2.08. The summed E-state index contributed by atoms with van der Waals surface area (Å²) in [5.41, 5.74) is 3.71. The Morgan fingerprint density at radius 2 is 1.77 bits per heavy atom. The van der Waals surface area contributed by atoms with Crippen LogP contribution in [0.2, 0.25) is 0 Å². The van der Waals surface area contributed by atoms with Gasteiger partial charge in [-0.25, -0.2) is 8.78 Å². The third-order valence-corrected chi connectivity index (χ3v) is 3.97. The van der Waals surface area contributed by atoms with Gasteiger partial charge in [-0.2, -0.15) is 13.2 Å². The summed E-state index contributed by atoms with van der Waals surface area (Å²) < 4.78 is 67.7. The number of nitrogens with two attached hydrogens (primary N) is 1. The second-order valence-corrected chi connectivity index (χ2v) is 5.30. The Labute approximate surface area is 127 Å². The van der Waals surface area contributed by atoms with Crippen LogP contribution in [0.5, 0.6) is 0 Å². The highest BCUT2D eigenvalue weighted by Gasteiger charge is 2.32. The van der Waals surface area contributed by atoms with E-state index in [9.17, 15) is 22.0 Å². The topological polar surface area (TPSA) is 38.0 Å². The Morgan fingerprint density at radius 3 is 2.41 bits per heavy atom. The van der Waals surface area contributed by atoms with Crippen molar-refractivity contribution in [2.75, 3.05) is 10.5 Å². The van der Waals surface area contributed by atoms with Crippen LogP contribution in [0.4, 0.5) is 33.3 Å². The lowest BCUT2D eigenvalue weighted by Gasteiger charge is -2.14. The van der Waals surface area contributed by atoms with Crippen molar-refractivity contribution in [3.8, 4) is 0 Å². The fourth-order valence-electron chi connectivity index (χ4n) is 1.79. The zero-order chi connectivity index (χ0) is 16.5. The first kappa shape index (κ1) is 16.4. The van der Waals surface area contributed by atoms with Gasteiger partial charge in [0.05, 0.1) is 11.3 Å². The molecule has 0 fully saturated rings. The molecule has 0 saturated carbocycles. The zero-order valence-electron chi connectivity index (χ0n) is 11.3. The molecule has 22 heavy (non-hydrogen) atoms. The van der Waals surface area contributed by atoms with Gasteiger partial charge in [0.25, 0.3) is 0 Å². The van der Waals surface area contributed by atoms with Gasteiger partial charge in [-0.05, 0) is 48.7 Å². The first-order valence-electron chi connectivity index (χ1n) is 6.05. The molecule has 0 radical (unpaired) electrons. The van der Waals surface area contributed by atoms with E-state index in [1.165, 1.54) is 19.1 Å². The SMILES string of the molecule is Cc1c(SNc2ccc(F)c(N)c2F)cccc1C(F)(F)F. The molecule has 0 heterocycles. The van der Waals surface area contributed by atoms with E-state index in [2.05, 4.69) is 4.72 Å². The van der Waals surface area contributed by atoms with E-state index in [4.69, 9.17) is 5.73 Å². The van der Waals surface area contributed by atoms with Crippen LogP contribution in [0, 0.1) is 18.6 Å². The maximum absolute atomic E-state index is 13.7. The van der Waals surface area contributed by atoms with Crippen LogP contribution < -0.4 is 10.5 Å². The number of nitrogen functional groups attached to an aromatic ring is 1. The van der Waals surface area contributed by atoms with Gasteiger partial charge in [0.15, 0.2) is 5.82 Å². The maximum atomic E-state index is 13.7. The third-order valence-electron chi connectivity index (χ3n) is 2.99. The molecule has 8 heteroatoms. The molecule has 0 amide bonds. The lowest BCUT2D eigenvalue weighted by atomic mass is 10.1. The summed E-state index contributed by atoms with van der Waals surface area (Å²) in [4.78, 5) is 0.275. The summed E-state index contributed by atoms with van der Waals surface area (Å²) >= 11 is 0.791. The second kappa shape index (κ2) is 6.04. The standard InChI is InChI=1S/C14H11F5N2S/c1-7-8(14(17,18)19)3-2-4-11(7)22-21-10-6-5-9(15)13(20)12(10)16/h2-6,21H,20H2,1H3. The molecule has 2 aromatic carbocycles. The molecule has 0 saturated heterocycles. The number of rotatable bonds is 3. The van der Waals surface area contributed by atoms with Crippen molar-refractivity contribution in [3.05, 3.63) is 53.1 Å². The zero-order valence-corrected chi connectivity index (χ0v) is 12.1. The summed E-state index contributed by atoms with van der Waals surface area (Å²) in [5.74, 6) is -1.89. The molecule has 0 spiro atoms. The molecule has 0 atom stereocenters. The minimum Gasteiger partial charge on any atom is -0.394 e. The summed E-state index contributed by atoms with van der Waals surface area (Å²) in [7, 11) is 0. The van der Waals surface area contributed by atoms with Crippen molar-refractivity contribution >= 4 is 23.3 Å². The molecular formula is C14H11F5N2S. The van der Waals surface area contributed by atoms with Gasteiger partial charge >= 0.3 is 6.18 Å². The Balaban J connectivity index is 2.25. The predicted molar refractivity (Wildman–Crippen MR) is 76.4 cm³/mol. The molecular weight excluding hydrogens is 323 g/mol. The first-order chi connectivity index (χ1) is 10.2. The van der Waals surface area contributed by atoms with Crippen LogP contribution in [-0.4, -0.2) is 0 Å². The third kappa shape index (κ3) is 3.27. The molecule has 2 nitrogen and oxygen atoms in total. The number of nitrogens with one attached hydrogen (secondary N) is 1. The van der Waals surface area contributed by atoms with Gasteiger partial charge < -0.3 is 10.5 Å². The quantitative estimate of drug-likeness (QED) is 0.472. The van der Waals surface area contributed by atoms with Gasteiger partial charge in [-0.15, -0.1) is 0 Å². The van der Waals surface area contributed by atoms with Gasteiger partial charge in [0.2, 0.25) is 0 Å². The summed E-state index contributed by atoms with van der Waals surface area (Å²) in [6, 6.07) is 5.79. The molecule has 2 aromatic rings. The van der Waals surface area contributed by atoms with Crippen LogP contribution >= 0.6 is 11.9 Å². The number of benzene rings is 2. The number of halogens is 5. The summed E-state index contributed by atoms with van der Waals surface area (Å²) in [5, 5.41) is 0. The summed E-state index contributed by atoms with van der Waals surface area (Å²) in [6.07, 6.45) is -4.47. The molecule has 3 N–H and O–H groups in total. The van der Waals surface area contributed by atoms with E-state index in [1.807, 2.05) is 0 Å². The van der Waals surface area contributed by atoms with Gasteiger partial charge in [0.1, 0.15) is 11.5 Å². The Kier molecular flexibility index (Phi) is 4.50. The highest BCUT2D eigenvalue weighted by atomic mass is 32.2. The number of hydrogen-bond donors (Lipinski definition) is 2. The van der Waals surface area contributed by atoms with Gasteiger partial charge in [-0.3, -0.25) is 0 Å². The molecule has 118 valence electrons. The number of anilines is 2. The van der Waals surface area contributed by atoms with Crippen molar-refractivity contribution in [2.24, 2.45) is 0 Å². The number of hydrogen-bond acceptors (Lipinski definition) is 3. The van der Waals surface area contributed by atoms with E-state index in [-0.39, 0.29) is 16.1 Å². The smallest absolute Gasteiger partial charge is 0.394 e. The monoisotopic (exact) mass is 334 g/mol. The first-order valence-corrected chi connectivity index (χ1v) is 6.86. The Morgan fingerprint density at radius 1 is 1.09 bits per heavy atom. The highest BCUT2D eigenvalue weighted by Crippen LogP contribution is 2.36. The van der Waals surface area contributed by atoms with Crippen molar-refractivity contribution < 1.29 is 22.0 Å². The average Bonchev–Trinajstić information content (AvgIpc) is 2.44. The van der Waals surface area contributed by atoms with Crippen LogP contribution in [0.15, 0.2) is 35.2 Å². The van der Waals surface area contributed by atoms with E-state index in [0.29, 0.717) is 0 Å².